The highest BCUT2D eigenvalue weighted by molar-refractivity contribution is 5.90. The third-order valence-corrected chi connectivity index (χ3v) is 4.21. The first-order valence-electron chi connectivity index (χ1n) is 8.57. The normalized spacial score (nSPS) is 16.0. The molecule has 1 heterocycles. The van der Waals surface area contributed by atoms with Crippen molar-refractivity contribution in [3.63, 3.8) is 0 Å². The van der Waals surface area contributed by atoms with Gasteiger partial charge in [-0.2, -0.15) is 0 Å². The SMILES string of the molecule is CC(C)C(C)Nc1ccc2c(c1)CCCN2C(=O)OC(C)(C)C. The fourth-order valence-corrected chi connectivity index (χ4v) is 2.62. The van der Waals surface area contributed by atoms with Crippen molar-refractivity contribution in [3.05, 3.63) is 23.8 Å². The van der Waals surface area contributed by atoms with Gasteiger partial charge in [-0.05, 0) is 70.2 Å². The van der Waals surface area contributed by atoms with Crippen LogP contribution < -0.4 is 10.2 Å². The summed E-state index contributed by atoms with van der Waals surface area (Å²) < 4.78 is 5.53. The molecule has 1 unspecified atom stereocenters. The lowest BCUT2D eigenvalue weighted by Crippen LogP contribution is -2.39. The number of anilines is 2. The number of carbonyl (C=O) groups is 1. The Morgan fingerprint density at radius 3 is 2.57 bits per heavy atom. The van der Waals surface area contributed by atoms with E-state index in [9.17, 15) is 4.79 Å². The molecule has 23 heavy (non-hydrogen) atoms. The maximum atomic E-state index is 12.4. The lowest BCUT2D eigenvalue weighted by Gasteiger charge is -2.32. The lowest BCUT2D eigenvalue weighted by molar-refractivity contribution is 0.0578. The van der Waals surface area contributed by atoms with E-state index in [1.54, 1.807) is 4.90 Å². The third kappa shape index (κ3) is 4.63. The Morgan fingerprint density at radius 2 is 1.96 bits per heavy atom. The van der Waals surface area contributed by atoms with Gasteiger partial charge in [0.2, 0.25) is 0 Å². The lowest BCUT2D eigenvalue weighted by atomic mass is 10.0. The topological polar surface area (TPSA) is 41.6 Å². The summed E-state index contributed by atoms with van der Waals surface area (Å²) in [6, 6.07) is 6.68. The van der Waals surface area contributed by atoms with E-state index in [0.717, 1.165) is 30.8 Å². The number of aryl methyl sites for hydroxylation is 1. The molecule has 4 nitrogen and oxygen atoms in total. The van der Waals surface area contributed by atoms with E-state index >= 15 is 0 Å². The summed E-state index contributed by atoms with van der Waals surface area (Å²) in [4.78, 5) is 14.2. The summed E-state index contributed by atoms with van der Waals surface area (Å²) >= 11 is 0. The molecular formula is C19H30N2O2. The van der Waals surface area contributed by atoms with Gasteiger partial charge in [-0.1, -0.05) is 13.8 Å². The predicted molar refractivity (Wildman–Crippen MR) is 96.3 cm³/mol. The van der Waals surface area contributed by atoms with Crippen LogP contribution in [0, 0.1) is 5.92 Å². The molecule has 1 aliphatic heterocycles. The van der Waals surface area contributed by atoms with Crippen LogP contribution in [0.4, 0.5) is 16.2 Å². The summed E-state index contributed by atoms with van der Waals surface area (Å²) in [6.45, 7) is 13.0. The van der Waals surface area contributed by atoms with Crippen LogP contribution in [0.5, 0.6) is 0 Å². The second-order valence-corrected chi connectivity index (χ2v) is 7.76. The number of fused-ring (bicyclic) bond motifs is 1. The van der Waals surface area contributed by atoms with E-state index in [-0.39, 0.29) is 6.09 Å². The number of benzene rings is 1. The molecule has 128 valence electrons. The van der Waals surface area contributed by atoms with Gasteiger partial charge >= 0.3 is 6.09 Å². The molecule has 4 heteroatoms. The molecule has 1 aromatic rings. The predicted octanol–water partition coefficient (Wildman–Crippen LogP) is 4.83. The average molecular weight is 318 g/mol. The Morgan fingerprint density at radius 1 is 1.26 bits per heavy atom. The molecule has 0 aromatic heterocycles. The molecule has 0 aliphatic carbocycles. The maximum absolute atomic E-state index is 12.4. The number of amides is 1. The van der Waals surface area contributed by atoms with E-state index in [2.05, 4.69) is 38.2 Å². The Balaban J connectivity index is 2.18. The summed E-state index contributed by atoms with van der Waals surface area (Å²) in [5.74, 6) is 0.573. The second-order valence-electron chi connectivity index (χ2n) is 7.76. The van der Waals surface area contributed by atoms with Crippen molar-refractivity contribution in [1.29, 1.82) is 0 Å². The minimum Gasteiger partial charge on any atom is -0.443 e. The largest absolute Gasteiger partial charge is 0.443 e. The summed E-state index contributed by atoms with van der Waals surface area (Å²) in [5.41, 5.74) is 2.84. The van der Waals surface area contributed by atoms with Crippen LogP contribution in [0.2, 0.25) is 0 Å². The van der Waals surface area contributed by atoms with Crippen LogP contribution in [-0.4, -0.2) is 24.3 Å². The first-order valence-corrected chi connectivity index (χ1v) is 8.57. The van der Waals surface area contributed by atoms with Gasteiger partial charge in [-0.25, -0.2) is 4.79 Å². The highest BCUT2D eigenvalue weighted by atomic mass is 16.6. The van der Waals surface area contributed by atoms with Crippen LogP contribution >= 0.6 is 0 Å². The van der Waals surface area contributed by atoms with Crippen LogP contribution in [0.3, 0.4) is 0 Å². The van der Waals surface area contributed by atoms with Crippen LogP contribution in [0.15, 0.2) is 18.2 Å². The van der Waals surface area contributed by atoms with Gasteiger partial charge in [-0.3, -0.25) is 4.90 Å². The maximum Gasteiger partial charge on any atom is 0.414 e. The van der Waals surface area contributed by atoms with Crippen LogP contribution in [-0.2, 0) is 11.2 Å². The smallest absolute Gasteiger partial charge is 0.414 e. The van der Waals surface area contributed by atoms with E-state index in [1.165, 1.54) is 5.56 Å². The number of carbonyl (C=O) groups excluding carboxylic acids is 1. The van der Waals surface area contributed by atoms with Crippen molar-refractivity contribution >= 4 is 17.5 Å². The minimum absolute atomic E-state index is 0.255. The Hall–Kier alpha value is -1.71. The quantitative estimate of drug-likeness (QED) is 0.868. The zero-order valence-electron chi connectivity index (χ0n) is 15.3. The zero-order valence-corrected chi connectivity index (χ0v) is 15.3. The van der Waals surface area contributed by atoms with Crippen molar-refractivity contribution in [1.82, 2.24) is 0 Å². The molecule has 1 aromatic carbocycles. The fourth-order valence-electron chi connectivity index (χ4n) is 2.62. The van der Waals surface area contributed by atoms with Crippen LogP contribution in [0.25, 0.3) is 0 Å². The average Bonchev–Trinajstić information content (AvgIpc) is 2.44. The van der Waals surface area contributed by atoms with Gasteiger partial charge in [0.15, 0.2) is 0 Å². The first kappa shape index (κ1) is 17.6. The zero-order chi connectivity index (χ0) is 17.2. The second kappa shape index (κ2) is 6.81. The standard InChI is InChI=1S/C19H30N2O2/c1-13(2)14(3)20-16-9-10-17-15(12-16)8-7-11-21(17)18(22)23-19(4,5)6/h9-10,12-14,20H,7-8,11H2,1-6H3. The molecular weight excluding hydrogens is 288 g/mol. The van der Waals surface area contributed by atoms with Gasteiger partial charge in [-0.15, -0.1) is 0 Å². The molecule has 0 saturated carbocycles. The van der Waals surface area contributed by atoms with Crippen molar-refractivity contribution < 1.29 is 9.53 Å². The number of rotatable bonds is 3. The first-order chi connectivity index (χ1) is 10.7. The van der Waals surface area contributed by atoms with Crippen molar-refractivity contribution in [3.8, 4) is 0 Å². The molecule has 0 spiro atoms. The number of nitrogens with zero attached hydrogens (tertiary/aromatic N) is 1. The third-order valence-electron chi connectivity index (χ3n) is 4.21. The number of ether oxygens (including phenoxy) is 1. The van der Waals surface area contributed by atoms with Gasteiger partial charge in [0, 0.05) is 18.3 Å². The van der Waals surface area contributed by atoms with E-state index in [1.807, 2.05) is 26.8 Å². The van der Waals surface area contributed by atoms with E-state index in [4.69, 9.17) is 4.74 Å². The van der Waals surface area contributed by atoms with Gasteiger partial charge in [0.1, 0.15) is 5.60 Å². The number of nitrogens with one attached hydrogen (secondary N) is 1. The molecule has 0 radical (unpaired) electrons. The molecule has 1 atom stereocenters. The Labute approximate surface area is 140 Å². The van der Waals surface area contributed by atoms with E-state index in [0.29, 0.717) is 12.0 Å². The molecule has 1 aliphatic rings. The fraction of sp³-hybridized carbons (Fsp3) is 0.632. The molecule has 0 bridgehead atoms. The highest BCUT2D eigenvalue weighted by Gasteiger charge is 2.27. The monoisotopic (exact) mass is 318 g/mol. The molecule has 0 fully saturated rings. The molecule has 1 N–H and O–H groups in total. The summed E-state index contributed by atoms with van der Waals surface area (Å²) in [5, 5.41) is 3.54. The summed E-state index contributed by atoms with van der Waals surface area (Å²) in [7, 11) is 0. The number of hydrogen-bond acceptors (Lipinski definition) is 3. The Bertz CT molecular complexity index is 561. The van der Waals surface area contributed by atoms with Crippen molar-refractivity contribution in [2.45, 2.75) is 66.0 Å². The summed E-state index contributed by atoms with van der Waals surface area (Å²) in [6.07, 6.45) is 1.71. The molecule has 2 rings (SSSR count). The number of hydrogen-bond donors (Lipinski definition) is 1. The molecule has 0 saturated heterocycles. The Kier molecular flexibility index (Phi) is 5.23. The van der Waals surface area contributed by atoms with Crippen molar-refractivity contribution in [2.24, 2.45) is 5.92 Å². The van der Waals surface area contributed by atoms with E-state index < -0.39 is 5.60 Å². The van der Waals surface area contributed by atoms with Gasteiger partial charge < -0.3 is 10.1 Å². The van der Waals surface area contributed by atoms with Crippen LogP contribution in [0.1, 0.15) is 53.5 Å². The van der Waals surface area contributed by atoms with Gasteiger partial charge in [0.25, 0.3) is 0 Å². The van der Waals surface area contributed by atoms with Crippen molar-refractivity contribution in [2.75, 3.05) is 16.8 Å². The highest BCUT2D eigenvalue weighted by Crippen LogP contribution is 2.31. The van der Waals surface area contributed by atoms with Gasteiger partial charge in [0.05, 0.1) is 5.69 Å². The minimum atomic E-state index is -0.469. The molecule has 1 amide bonds.